The predicted octanol–water partition coefficient (Wildman–Crippen LogP) is 4.40. The fraction of sp³-hybridized carbons (Fsp3) is 0.343. The van der Waals surface area contributed by atoms with Gasteiger partial charge in [-0.25, -0.2) is 4.79 Å². The smallest absolute Gasteiger partial charge is 0.337 e. The van der Waals surface area contributed by atoms with Gasteiger partial charge >= 0.3 is 5.97 Å². The lowest BCUT2D eigenvalue weighted by atomic mass is 9.87. The van der Waals surface area contributed by atoms with Crippen molar-refractivity contribution in [3.63, 3.8) is 0 Å². The number of esters is 1. The fourth-order valence-corrected chi connectivity index (χ4v) is 9.02. The number of nitrogens with two attached hydrogens (primary N) is 1. The van der Waals surface area contributed by atoms with Crippen LogP contribution in [0.4, 0.5) is 0 Å². The maximum Gasteiger partial charge on any atom is 0.337 e. The van der Waals surface area contributed by atoms with Crippen LogP contribution in [-0.4, -0.2) is 56.1 Å². The molecule has 222 valence electrons. The Hall–Kier alpha value is -4.19. The molecule has 3 N–H and O–H groups in total. The van der Waals surface area contributed by atoms with Crippen LogP contribution in [0.15, 0.2) is 72.8 Å². The van der Waals surface area contributed by atoms with Gasteiger partial charge < -0.3 is 20.7 Å². The zero-order valence-electron chi connectivity index (χ0n) is 25.1. The van der Waals surface area contributed by atoms with Crippen molar-refractivity contribution in [1.82, 2.24) is 10.2 Å². The number of hydrogen-bond donors (Lipinski definition) is 2. The second kappa shape index (κ2) is 13.0. The van der Waals surface area contributed by atoms with E-state index in [2.05, 4.69) is 42.4 Å². The van der Waals surface area contributed by atoms with Gasteiger partial charge in [-0.1, -0.05) is 61.3 Å². The molecule has 1 aliphatic carbocycles. The lowest BCUT2D eigenvalue weighted by molar-refractivity contribution is -0.139. The van der Waals surface area contributed by atoms with Crippen molar-refractivity contribution in [2.75, 3.05) is 13.3 Å². The lowest BCUT2D eigenvalue weighted by Crippen LogP contribution is -2.52. The van der Waals surface area contributed by atoms with Crippen molar-refractivity contribution in [2.45, 2.75) is 62.9 Å². The summed E-state index contributed by atoms with van der Waals surface area (Å²) in [7, 11) is -0.421. The number of ether oxygens (including phenoxy) is 1. The zero-order chi connectivity index (χ0) is 30.6. The molecule has 1 saturated heterocycles. The van der Waals surface area contributed by atoms with E-state index in [1.807, 2.05) is 36.4 Å². The third kappa shape index (κ3) is 7.24. The Labute approximate surface area is 254 Å². The van der Waals surface area contributed by atoms with Gasteiger partial charge in [-0.2, -0.15) is 0 Å². The summed E-state index contributed by atoms with van der Waals surface area (Å²) in [5.41, 5.74) is 12.0. The molecule has 1 heterocycles. The molecule has 2 aliphatic rings. The van der Waals surface area contributed by atoms with E-state index in [4.69, 9.17) is 10.5 Å². The van der Waals surface area contributed by atoms with Gasteiger partial charge in [0.2, 0.25) is 11.8 Å². The van der Waals surface area contributed by atoms with Gasteiger partial charge in [0, 0.05) is 17.3 Å². The molecule has 43 heavy (non-hydrogen) atoms. The molecule has 1 fully saturated rings. The molecule has 0 saturated carbocycles. The molecular formula is C35H39N3O4Si. The summed E-state index contributed by atoms with van der Waals surface area (Å²) in [4.78, 5) is 40.6. The van der Waals surface area contributed by atoms with Crippen LogP contribution >= 0.6 is 0 Å². The molecule has 3 aromatic carbocycles. The number of nitrogens with one attached hydrogen (secondary N) is 1. The maximum absolute atomic E-state index is 13.6. The second-order valence-electron chi connectivity index (χ2n) is 12.3. The number of aryl methyl sites for hydroxylation is 1. The topological polar surface area (TPSA) is 102 Å². The first-order chi connectivity index (χ1) is 20.6. The Kier molecular flexibility index (Phi) is 9.14. The third-order valence-electron chi connectivity index (χ3n) is 8.38. The number of nitrogens with zero attached hydrogens (tertiary/aromatic N) is 1. The average molecular weight is 594 g/mol. The highest BCUT2D eigenvalue weighted by Gasteiger charge is 2.46. The lowest BCUT2D eigenvalue weighted by Gasteiger charge is -2.31. The van der Waals surface area contributed by atoms with Crippen LogP contribution in [0, 0.1) is 11.8 Å². The quantitative estimate of drug-likeness (QED) is 0.251. The minimum Gasteiger partial charge on any atom is -0.465 e. The normalized spacial score (nSPS) is 19.4. The van der Waals surface area contributed by atoms with E-state index in [1.165, 1.54) is 18.2 Å². The van der Waals surface area contributed by atoms with E-state index in [1.54, 1.807) is 29.2 Å². The monoisotopic (exact) mass is 593 g/mol. The molecule has 3 atom stereocenters. The SMILES string of the molecule is COC(=O)c1ccc(C#Cc2ccc(C[C@H](N)C(=O)N3C[Si](C)(C)C[C@H]3C(=O)N[C@@H]3CCCc4ccccc43)cc2)cc1. The Balaban J connectivity index is 1.21. The van der Waals surface area contributed by atoms with Gasteiger partial charge in [0.05, 0.1) is 32.8 Å². The number of carbonyl (C=O) groups excluding carboxylic acids is 3. The average Bonchev–Trinajstić information content (AvgIpc) is 3.35. The van der Waals surface area contributed by atoms with Crippen molar-refractivity contribution in [2.24, 2.45) is 5.73 Å². The van der Waals surface area contributed by atoms with Crippen LogP contribution in [0.5, 0.6) is 0 Å². The molecule has 0 spiro atoms. The Bertz CT molecular complexity index is 1560. The molecule has 1 aliphatic heterocycles. The van der Waals surface area contributed by atoms with E-state index in [0.717, 1.165) is 42.0 Å². The standard InChI is InChI=1S/C35H39N3O4Si/c1-42-35(41)28-19-17-25(18-20-28)12-11-24-13-15-26(16-14-24)21-30(36)34(40)38-23-43(2,3)22-32(38)33(39)37-31-10-6-8-27-7-4-5-9-29(27)31/h4-5,7,9,13-20,30-32H,6,8,10,21-23,36H2,1-3H3,(H,37,39)/t30-,31+,32-/m0/s1. The predicted molar refractivity (Wildman–Crippen MR) is 170 cm³/mol. The minimum atomic E-state index is -1.77. The van der Waals surface area contributed by atoms with Crippen LogP contribution in [0.1, 0.15) is 57.1 Å². The highest BCUT2D eigenvalue weighted by molar-refractivity contribution is 6.79. The van der Waals surface area contributed by atoms with Gasteiger partial charge in [0.1, 0.15) is 6.04 Å². The largest absolute Gasteiger partial charge is 0.465 e. The summed E-state index contributed by atoms with van der Waals surface area (Å²) in [6, 6.07) is 22.4. The van der Waals surface area contributed by atoms with Gasteiger partial charge in [-0.05, 0) is 84.8 Å². The number of methoxy groups -OCH3 is 1. The Morgan fingerprint density at radius 2 is 1.65 bits per heavy atom. The fourth-order valence-electron chi connectivity index (χ4n) is 6.14. The second-order valence-corrected chi connectivity index (χ2v) is 17.4. The number of hydrogen-bond acceptors (Lipinski definition) is 5. The Morgan fingerprint density at radius 3 is 2.33 bits per heavy atom. The van der Waals surface area contributed by atoms with E-state index in [-0.39, 0.29) is 23.8 Å². The number of rotatable bonds is 6. The van der Waals surface area contributed by atoms with Gasteiger partial charge in [0.15, 0.2) is 0 Å². The zero-order valence-corrected chi connectivity index (χ0v) is 26.1. The highest BCUT2D eigenvalue weighted by atomic mass is 28.3. The molecule has 2 amide bonds. The van der Waals surface area contributed by atoms with Crippen LogP contribution in [0.2, 0.25) is 19.1 Å². The van der Waals surface area contributed by atoms with Gasteiger partial charge in [-0.15, -0.1) is 0 Å². The van der Waals surface area contributed by atoms with Crippen LogP contribution < -0.4 is 11.1 Å². The van der Waals surface area contributed by atoms with Crippen molar-refractivity contribution in [3.8, 4) is 11.8 Å². The van der Waals surface area contributed by atoms with Crippen molar-refractivity contribution in [1.29, 1.82) is 0 Å². The third-order valence-corrected chi connectivity index (χ3v) is 11.1. The summed E-state index contributed by atoms with van der Waals surface area (Å²) >= 11 is 0. The van der Waals surface area contributed by atoms with Crippen molar-refractivity contribution < 1.29 is 19.1 Å². The van der Waals surface area contributed by atoms with Crippen LogP contribution in [0.25, 0.3) is 0 Å². The number of amides is 2. The van der Waals surface area contributed by atoms with Crippen LogP contribution in [-0.2, 0) is 27.2 Å². The molecule has 0 unspecified atom stereocenters. The summed E-state index contributed by atoms with van der Waals surface area (Å²) < 4.78 is 4.73. The first-order valence-electron chi connectivity index (χ1n) is 14.9. The van der Waals surface area contributed by atoms with Crippen molar-refractivity contribution in [3.05, 3.63) is 106 Å². The molecule has 0 bridgehead atoms. The van der Waals surface area contributed by atoms with Crippen molar-refractivity contribution >= 4 is 25.9 Å². The summed E-state index contributed by atoms with van der Waals surface area (Å²) in [6.45, 7) is 4.46. The van der Waals surface area contributed by atoms with E-state index in [9.17, 15) is 14.4 Å². The molecular weight excluding hydrogens is 554 g/mol. The summed E-state index contributed by atoms with van der Waals surface area (Å²) in [6.07, 6.45) is 3.99. The number of fused-ring (bicyclic) bond motifs is 1. The van der Waals surface area contributed by atoms with E-state index >= 15 is 0 Å². The molecule has 0 radical (unpaired) electrons. The molecule has 8 heteroatoms. The van der Waals surface area contributed by atoms with Gasteiger partial charge in [0.25, 0.3) is 0 Å². The summed E-state index contributed by atoms with van der Waals surface area (Å²) in [5.74, 6) is 5.61. The molecule has 7 nitrogen and oxygen atoms in total. The number of carbonyl (C=O) groups is 3. The first kappa shape index (κ1) is 30.3. The highest BCUT2D eigenvalue weighted by Crippen LogP contribution is 2.32. The van der Waals surface area contributed by atoms with Crippen LogP contribution in [0.3, 0.4) is 0 Å². The maximum atomic E-state index is 13.6. The van der Waals surface area contributed by atoms with Gasteiger partial charge in [-0.3, -0.25) is 9.59 Å². The van der Waals surface area contributed by atoms with E-state index < -0.39 is 20.2 Å². The molecule has 5 rings (SSSR count). The minimum absolute atomic E-state index is 0.0192. The summed E-state index contributed by atoms with van der Waals surface area (Å²) in [5, 5.41) is 3.28. The first-order valence-corrected chi connectivity index (χ1v) is 18.3. The Morgan fingerprint density at radius 1 is 1.00 bits per heavy atom. The number of benzene rings is 3. The molecule has 3 aromatic rings. The molecule has 0 aromatic heterocycles. The van der Waals surface area contributed by atoms with E-state index in [0.29, 0.717) is 18.2 Å².